The standard InChI is InChI=1S/C18H16BrClN6O2/c1-10(27)21-16(11-2-5-13(20)6-3-11)9-17(28)22-15-7-4-12(19)8-14(15)18-23-25-26-24-18/h2-8,16H,9H2,1H3,(H,21,27)(H,22,28)(H,23,24,25,26). The van der Waals surface area contributed by atoms with Gasteiger partial charge >= 0.3 is 0 Å². The normalized spacial score (nSPS) is 11.7. The maximum Gasteiger partial charge on any atom is 0.226 e. The molecule has 1 unspecified atom stereocenters. The van der Waals surface area contributed by atoms with Crippen LogP contribution >= 0.6 is 27.5 Å². The van der Waals surface area contributed by atoms with E-state index in [0.29, 0.717) is 22.1 Å². The minimum atomic E-state index is -0.487. The molecule has 0 saturated heterocycles. The Morgan fingerprint density at radius 1 is 1.21 bits per heavy atom. The lowest BCUT2D eigenvalue weighted by molar-refractivity contribution is -0.120. The predicted molar refractivity (Wildman–Crippen MR) is 109 cm³/mol. The molecule has 0 aliphatic carbocycles. The van der Waals surface area contributed by atoms with Crippen LogP contribution in [0.5, 0.6) is 0 Å². The van der Waals surface area contributed by atoms with Crippen molar-refractivity contribution in [2.45, 2.75) is 19.4 Å². The summed E-state index contributed by atoms with van der Waals surface area (Å²) in [6, 6.07) is 11.8. The van der Waals surface area contributed by atoms with Gasteiger partial charge in [0.1, 0.15) is 0 Å². The second-order valence-corrected chi connectivity index (χ2v) is 7.33. The highest BCUT2D eigenvalue weighted by atomic mass is 79.9. The number of carbonyl (C=O) groups is 2. The van der Waals surface area contributed by atoms with Gasteiger partial charge in [-0.15, -0.1) is 10.2 Å². The largest absolute Gasteiger partial charge is 0.349 e. The number of aromatic amines is 1. The highest BCUT2D eigenvalue weighted by molar-refractivity contribution is 9.10. The lowest BCUT2D eigenvalue weighted by atomic mass is 10.0. The van der Waals surface area contributed by atoms with Crippen LogP contribution in [0.3, 0.4) is 0 Å². The number of hydrogen-bond donors (Lipinski definition) is 3. The van der Waals surface area contributed by atoms with Crippen molar-refractivity contribution in [2.75, 3.05) is 5.32 Å². The lowest BCUT2D eigenvalue weighted by Crippen LogP contribution is -2.29. The summed E-state index contributed by atoms with van der Waals surface area (Å²) in [7, 11) is 0. The molecular formula is C18H16BrClN6O2. The van der Waals surface area contributed by atoms with Gasteiger partial charge in [-0.1, -0.05) is 39.7 Å². The van der Waals surface area contributed by atoms with Crippen LogP contribution in [0.1, 0.15) is 24.9 Å². The Balaban J connectivity index is 1.80. The molecule has 0 spiro atoms. The molecule has 0 saturated carbocycles. The smallest absolute Gasteiger partial charge is 0.226 e. The monoisotopic (exact) mass is 462 g/mol. The molecule has 144 valence electrons. The fraction of sp³-hybridized carbons (Fsp3) is 0.167. The van der Waals surface area contributed by atoms with Crippen molar-refractivity contribution in [2.24, 2.45) is 0 Å². The Morgan fingerprint density at radius 3 is 2.61 bits per heavy atom. The molecule has 1 aromatic heterocycles. The molecule has 2 amide bonds. The first-order chi connectivity index (χ1) is 13.4. The van der Waals surface area contributed by atoms with Crippen LogP contribution in [0.4, 0.5) is 5.69 Å². The number of hydrogen-bond acceptors (Lipinski definition) is 5. The van der Waals surface area contributed by atoms with Gasteiger partial charge in [-0.3, -0.25) is 9.59 Å². The van der Waals surface area contributed by atoms with Crippen molar-refractivity contribution in [3.63, 3.8) is 0 Å². The fourth-order valence-electron chi connectivity index (χ4n) is 2.67. The number of anilines is 1. The summed E-state index contributed by atoms with van der Waals surface area (Å²) < 4.78 is 0.808. The van der Waals surface area contributed by atoms with E-state index in [9.17, 15) is 9.59 Å². The van der Waals surface area contributed by atoms with Crippen LogP contribution in [0.25, 0.3) is 11.4 Å². The number of aromatic nitrogens is 4. The highest BCUT2D eigenvalue weighted by Crippen LogP contribution is 2.29. The third-order valence-corrected chi connectivity index (χ3v) is 4.63. The van der Waals surface area contributed by atoms with Crippen LogP contribution in [0, 0.1) is 0 Å². The van der Waals surface area contributed by atoms with E-state index in [4.69, 9.17) is 11.6 Å². The maximum atomic E-state index is 12.7. The molecule has 3 aromatic rings. The number of nitrogens with zero attached hydrogens (tertiary/aromatic N) is 3. The Kier molecular flexibility index (Phi) is 6.37. The van der Waals surface area contributed by atoms with Gasteiger partial charge in [-0.05, 0) is 41.1 Å². The first-order valence-electron chi connectivity index (χ1n) is 8.28. The van der Waals surface area contributed by atoms with Crippen molar-refractivity contribution in [3.05, 3.63) is 57.5 Å². The fourth-order valence-corrected chi connectivity index (χ4v) is 3.15. The Hall–Kier alpha value is -2.78. The minimum Gasteiger partial charge on any atom is -0.349 e. The van der Waals surface area contributed by atoms with Crippen molar-refractivity contribution in [1.82, 2.24) is 25.9 Å². The zero-order chi connectivity index (χ0) is 20.1. The average molecular weight is 464 g/mol. The molecule has 3 N–H and O–H groups in total. The number of nitrogens with one attached hydrogen (secondary N) is 3. The summed E-state index contributed by atoms with van der Waals surface area (Å²) in [5.74, 6) is -0.155. The Labute approximate surface area is 174 Å². The first kappa shape index (κ1) is 20.0. The zero-order valence-electron chi connectivity index (χ0n) is 14.7. The second-order valence-electron chi connectivity index (χ2n) is 5.98. The SMILES string of the molecule is CC(=O)NC(CC(=O)Nc1ccc(Br)cc1-c1nn[nH]n1)c1ccc(Cl)cc1. The summed E-state index contributed by atoms with van der Waals surface area (Å²) >= 11 is 9.32. The molecule has 1 atom stereocenters. The van der Waals surface area contributed by atoms with Crippen LogP contribution in [-0.4, -0.2) is 32.4 Å². The summed E-state index contributed by atoms with van der Waals surface area (Å²) in [4.78, 5) is 24.3. The van der Waals surface area contributed by atoms with Gasteiger partial charge < -0.3 is 10.6 Å². The summed E-state index contributed by atoms with van der Waals surface area (Å²) in [6.45, 7) is 1.41. The van der Waals surface area contributed by atoms with E-state index >= 15 is 0 Å². The van der Waals surface area contributed by atoms with E-state index in [1.54, 1.807) is 42.5 Å². The van der Waals surface area contributed by atoms with E-state index in [1.165, 1.54) is 6.92 Å². The molecule has 2 aromatic carbocycles. The molecule has 0 radical (unpaired) electrons. The van der Waals surface area contributed by atoms with Crippen molar-refractivity contribution >= 4 is 45.0 Å². The van der Waals surface area contributed by atoms with E-state index in [2.05, 4.69) is 47.2 Å². The number of tetrazole rings is 1. The van der Waals surface area contributed by atoms with Gasteiger partial charge in [-0.2, -0.15) is 5.21 Å². The van der Waals surface area contributed by atoms with Crippen molar-refractivity contribution in [3.8, 4) is 11.4 Å². The molecule has 8 nitrogen and oxygen atoms in total. The second kappa shape index (κ2) is 8.94. The van der Waals surface area contributed by atoms with Crippen LogP contribution < -0.4 is 10.6 Å². The molecule has 0 fully saturated rings. The molecule has 0 aliphatic rings. The zero-order valence-corrected chi connectivity index (χ0v) is 17.1. The third-order valence-electron chi connectivity index (χ3n) is 3.88. The average Bonchev–Trinajstić information content (AvgIpc) is 3.17. The van der Waals surface area contributed by atoms with E-state index in [1.807, 2.05) is 0 Å². The van der Waals surface area contributed by atoms with E-state index in [-0.39, 0.29) is 18.2 Å². The summed E-state index contributed by atoms with van der Waals surface area (Å²) in [5.41, 5.74) is 1.93. The molecule has 1 heterocycles. The number of rotatable bonds is 6. The van der Waals surface area contributed by atoms with Gasteiger partial charge in [0.05, 0.1) is 18.2 Å². The molecule has 10 heteroatoms. The van der Waals surface area contributed by atoms with Gasteiger partial charge in [0, 0.05) is 22.0 Å². The van der Waals surface area contributed by atoms with Crippen LogP contribution in [-0.2, 0) is 9.59 Å². The Bertz CT molecular complexity index is 978. The summed E-state index contributed by atoms with van der Waals surface area (Å²) in [6.07, 6.45) is 0.0446. The summed E-state index contributed by atoms with van der Waals surface area (Å²) in [5, 5.41) is 20.1. The molecule has 0 aliphatic heterocycles. The van der Waals surface area contributed by atoms with Crippen LogP contribution in [0.2, 0.25) is 5.02 Å². The number of amides is 2. The van der Waals surface area contributed by atoms with E-state index < -0.39 is 6.04 Å². The van der Waals surface area contributed by atoms with Crippen LogP contribution in [0.15, 0.2) is 46.9 Å². The molecular weight excluding hydrogens is 448 g/mol. The molecule has 0 bridgehead atoms. The van der Waals surface area contributed by atoms with Gasteiger partial charge in [0.2, 0.25) is 17.6 Å². The van der Waals surface area contributed by atoms with E-state index in [0.717, 1.165) is 10.0 Å². The number of H-pyrrole nitrogens is 1. The third kappa shape index (κ3) is 5.14. The number of benzene rings is 2. The van der Waals surface area contributed by atoms with Crippen molar-refractivity contribution < 1.29 is 9.59 Å². The topological polar surface area (TPSA) is 113 Å². The van der Waals surface area contributed by atoms with Gasteiger partial charge in [0.25, 0.3) is 0 Å². The maximum absolute atomic E-state index is 12.7. The number of halogens is 2. The lowest BCUT2D eigenvalue weighted by Gasteiger charge is -2.19. The minimum absolute atomic E-state index is 0.0446. The van der Waals surface area contributed by atoms with Gasteiger partial charge in [-0.25, -0.2) is 0 Å². The van der Waals surface area contributed by atoms with Gasteiger partial charge in [0.15, 0.2) is 0 Å². The first-order valence-corrected chi connectivity index (χ1v) is 9.45. The molecule has 3 rings (SSSR count). The quantitative estimate of drug-likeness (QED) is 0.518. The number of carbonyl (C=O) groups excluding carboxylic acids is 2. The predicted octanol–water partition coefficient (Wildman–Crippen LogP) is 3.49. The Morgan fingerprint density at radius 2 is 1.96 bits per heavy atom. The molecule has 28 heavy (non-hydrogen) atoms. The highest BCUT2D eigenvalue weighted by Gasteiger charge is 2.19. The van der Waals surface area contributed by atoms with Crippen molar-refractivity contribution in [1.29, 1.82) is 0 Å².